The SMILES string of the molecule is CNC(=O)Cc1ccccc1NC(=O)CCC(C)CN. The highest BCUT2D eigenvalue weighted by molar-refractivity contribution is 5.92. The Bertz CT molecular complexity index is 460. The van der Waals surface area contributed by atoms with Crippen LogP contribution in [0, 0.1) is 5.92 Å². The number of rotatable bonds is 7. The van der Waals surface area contributed by atoms with Crippen LogP contribution in [0.3, 0.4) is 0 Å². The van der Waals surface area contributed by atoms with Crippen molar-refractivity contribution in [1.82, 2.24) is 5.32 Å². The minimum atomic E-state index is -0.0801. The van der Waals surface area contributed by atoms with Gasteiger partial charge in [0, 0.05) is 19.2 Å². The number of para-hydroxylation sites is 1. The number of carbonyl (C=O) groups excluding carboxylic acids is 2. The van der Waals surface area contributed by atoms with E-state index in [-0.39, 0.29) is 18.2 Å². The van der Waals surface area contributed by atoms with Gasteiger partial charge < -0.3 is 16.4 Å². The van der Waals surface area contributed by atoms with E-state index in [4.69, 9.17) is 5.73 Å². The first-order valence-corrected chi connectivity index (χ1v) is 6.85. The Kier molecular flexibility index (Phi) is 6.73. The van der Waals surface area contributed by atoms with Gasteiger partial charge in [0.2, 0.25) is 11.8 Å². The van der Waals surface area contributed by atoms with E-state index in [0.29, 0.717) is 24.6 Å². The lowest BCUT2D eigenvalue weighted by Crippen LogP contribution is -2.21. The molecule has 0 fully saturated rings. The highest BCUT2D eigenvalue weighted by Gasteiger charge is 2.10. The van der Waals surface area contributed by atoms with Gasteiger partial charge in [-0.05, 0) is 30.5 Å². The highest BCUT2D eigenvalue weighted by atomic mass is 16.2. The molecule has 0 aromatic heterocycles. The fourth-order valence-corrected chi connectivity index (χ4v) is 1.77. The van der Waals surface area contributed by atoms with Crippen molar-refractivity contribution in [3.05, 3.63) is 29.8 Å². The maximum atomic E-state index is 11.9. The summed E-state index contributed by atoms with van der Waals surface area (Å²) in [5.41, 5.74) is 7.04. The van der Waals surface area contributed by atoms with E-state index in [9.17, 15) is 9.59 Å². The fraction of sp³-hybridized carbons (Fsp3) is 0.467. The third-order valence-electron chi connectivity index (χ3n) is 3.19. The van der Waals surface area contributed by atoms with Crippen molar-refractivity contribution in [1.29, 1.82) is 0 Å². The average molecular weight is 277 g/mol. The standard InChI is InChI=1S/C15H23N3O2/c1-11(10-16)7-8-14(19)18-13-6-4-3-5-12(13)9-15(20)17-2/h3-6,11H,7-10,16H2,1-2H3,(H,17,20)(H,18,19). The first kappa shape index (κ1) is 16.2. The molecule has 20 heavy (non-hydrogen) atoms. The molecule has 0 aliphatic heterocycles. The molecule has 1 aromatic rings. The third-order valence-corrected chi connectivity index (χ3v) is 3.19. The number of hydrogen-bond acceptors (Lipinski definition) is 3. The largest absolute Gasteiger partial charge is 0.359 e. The summed E-state index contributed by atoms with van der Waals surface area (Å²) in [6, 6.07) is 7.34. The number of carbonyl (C=O) groups is 2. The maximum absolute atomic E-state index is 11.9. The number of amides is 2. The summed E-state index contributed by atoms with van der Waals surface area (Å²) in [4.78, 5) is 23.3. The molecule has 110 valence electrons. The second kappa shape index (κ2) is 8.32. The smallest absolute Gasteiger partial charge is 0.224 e. The molecule has 2 amide bonds. The molecular formula is C15H23N3O2. The minimum Gasteiger partial charge on any atom is -0.359 e. The monoisotopic (exact) mass is 277 g/mol. The summed E-state index contributed by atoms with van der Waals surface area (Å²) >= 11 is 0. The van der Waals surface area contributed by atoms with E-state index in [0.717, 1.165) is 12.0 Å². The summed E-state index contributed by atoms with van der Waals surface area (Å²) in [6.07, 6.45) is 1.46. The molecule has 0 radical (unpaired) electrons. The Labute approximate surface area is 119 Å². The minimum absolute atomic E-state index is 0.0466. The molecular weight excluding hydrogens is 254 g/mol. The molecule has 5 heteroatoms. The van der Waals surface area contributed by atoms with Crippen LogP contribution in [0.2, 0.25) is 0 Å². The van der Waals surface area contributed by atoms with Gasteiger partial charge in [-0.1, -0.05) is 25.1 Å². The average Bonchev–Trinajstić information content (AvgIpc) is 2.46. The van der Waals surface area contributed by atoms with Crippen LogP contribution in [0.5, 0.6) is 0 Å². The first-order chi connectivity index (χ1) is 9.56. The topological polar surface area (TPSA) is 84.2 Å². The van der Waals surface area contributed by atoms with Crippen molar-refractivity contribution in [3.63, 3.8) is 0 Å². The number of nitrogens with one attached hydrogen (secondary N) is 2. The zero-order valence-electron chi connectivity index (χ0n) is 12.1. The van der Waals surface area contributed by atoms with Crippen molar-refractivity contribution in [2.24, 2.45) is 11.7 Å². The Morgan fingerprint density at radius 2 is 1.95 bits per heavy atom. The number of anilines is 1. The lowest BCUT2D eigenvalue weighted by molar-refractivity contribution is -0.120. The summed E-state index contributed by atoms with van der Waals surface area (Å²) in [7, 11) is 1.59. The van der Waals surface area contributed by atoms with Crippen LogP contribution in [0.25, 0.3) is 0 Å². The van der Waals surface area contributed by atoms with Crippen LogP contribution in [-0.2, 0) is 16.0 Å². The summed E-state index contributed by atoms with van der Waals surface area (Å²) < 4.78 is 0. The molecule has 0 saturated heterocycles. The van der Waals surface area contributed by atoms with Crippen LogP contribution in [0.15, 0.2) is 24.3 Å². The quantitative estimate of drug-likeness (QED) is 0.702. The van der Waals surface area contributed by atoms with Crippen LogP contribution in [0.1, 0.15) is 25.3 Å². The molecule has 0 spiro atoms. The van der Waals surface area contributed by atoms with Crippen molar-refractivity contribution in [2.75, 3.05) is 18.9 Å². The normalized spacial score (nSPS) is 11.8. The summed E-state index contributed by atoms with van der Waals surface area (Å²) in [5.74, 6) is 0.208. The molecule has 0 heterocycles. The van der Waals surface area contributed by atoms with Crippen molar-refractivity contribution >= 4 is 17.5 Å². The third kappa shape index (κ3) is 5.40. The number of nitrogens with two attached hydrogens (primary N) is 1. The van der Waals surface area contributed by atoms with Gasteiger partial charge in [-0.25, -0.2) is 0 Å². The Morgan fingerprint density at radius 3 is 2.60 bits per heavy atom. The van der Waals surface area contributed by atoms with Crippen molar-refractivity contribution in [2.45, 2.75) is 26.2 Å². The van der Waals surface area contributed by atoms with Gasteiger partial charge in [-0.2, -0.15) is 0 Å². The van der Waals surface area contributed by atoms with E-state index >= 15 is 0 Å². The van der Waals surface area contributed by atoms with Gasteiger partial charge >= 0.3 is 0 Å². The van der Waals surface area contributed by atoms with Crippen LogP contribution >= 0.6 is 0 Å². The lowest BCUT2D eigenvalue weighted by Gasteiger charge is -2.12. The predicted octanol–water partition coefficient (Wildman–Crippen LogP) is 1.29. The molecule has 1 atom stereocenters. The molecule has 4 N–H and O–H groups in total. The van der Waals surface area contributed by atoms with E-state index in [1.165, 1.54) is 0 Å². The molecule has 5 nitrogen and oxygen atoms in total. The van der Waals surface area contributed by atoms with Crippen LogP contribution in [-0.4, -0.2) is 25.4 Å². The zero-order valence-corrected chi connectivity index (χ0v) is 12.1. The number of benzene rings is 1. The molecule has 0 saturated carbocycles. The van der Waals surface area contributed by atoms with Gasteiger partial charge in [0.05, 0.1) is 6.42 Å². The Balaban J connectivity index is 2.62. The van der Waals surface area contributed by atoms with Crippen LogP contribution in [0.4, 0.5) is 5.69 Å². The Hall–Kier alpha value is -1.88. The van der Waals surface area contributed by atoms with Crippen molar-refractivity contribution in [3.8, 4) is 0 Å². The maximum Gasteiger partial charge on any atom is 0.224 e. The zero-order chi connectivity index (χ0) is 15.0. The van der Waals surface area contributed by atoms with E-state index in [1.54, 1.807) is 7.05 Å². The molecule has 0 aliphatic rings. The highest BCUT2D eigenvalue weighted by Crippen LogP contribution is 2.16. The van der Waals surface area contributed by atoms with Gasteiger partial charge in [-0.15, -0.1) is 0 Å². The van der Waals surface area contributed by atoms with Gasteiger partial charge in [-0.3, -0.25) is 9.59 Å². The number of hydrogen-bond donors (Lipinski definition) is 3. The van der Waals surface area contributed by atoms with Crippen LogP contribution < -0.4 is 16.4 Å². The predicted molar refractivity (Wildman–Crippen MR) is 80.3 cm³/mol. The lowest BCUT2D eigenvalue weighted by atomic mass is 10.1. The van der Waals surface area contributed by atoms with Gasteiger partial charge in [0.1, 0.15) is 0 Å². The molecule has 1 unspecified atom stereocenters. The van der Waals surface area contributed by atoms with E-state index < -0.39 is 0 Å². The van der Waals surface area contributed by atoms with Gasteiger partial charge in [0.15, 0.2) is 0 Å². The van der Waals surface area contributed by atoms with E-state index in [2.05, 4.69) is 10.6 Å². The second-order valence-electron chi connectivity index (χ2n) is 4.93. The summed E-state index contributed by atoms with van der Waals surface area (Å²) in [6.45, 7) is 2.60. The molecule has 1 aromatic carbocycles. The molecule has 1 rings (SSSR count). The van der Waals surface area contributed by atoms with E-state index in [1.807, 2.05) is 31.2 Å². The number of likely N-dealkylation sites (N-methyl/N-ethyl adjacent to an activating group) is 1. The fourth-order valence-electron chi connectivity index (χ4n) is 1.77. The Morgan fingerprint density at radius 1 is 1.25 bits per heavy atom. The van der Waals surface area contributed by atoms with Gasteiger partial charge in [0.25, 0.3) is 0 Å². The molecule has 0 bridgehead atoms. The molecule has 0 aliphatic carbocycles. The first-order valence-electron chi connectivity index (χ1n) is 6.85. The summed E-state index contributed by atoms with van der Waals surface area (Å²) in [5, 5.41) is 5.44. The second-order valence-corrected chi connectivity index (χ2v) is 4.93. The van der Waals surface area contributed by atoms with Crippen molar-refractivity contribution < 1.29 is 9.59 Å².